The SMILES string of the molecule is CC(=O)N(CCC(=O)NCc1ccccc1)c1ccc(C(C)(C)C)cc1. The predicted molar refractivity (Wildman–Crippen MR) is 106 cm³/mol. The minimum atomic E-state index is -0.0654. The molecule has 0 saturated heterocycles. The fraction of sp³-hybridized carbons (Fsp3) is 0.364. The van der Waals surface area contributed by atoms with Crippen LogP contribution in [0.5, 0.6) is 0 Å². The van der Waals surface area contributed by atoms with Gasteiger partial charge in [0.1, 0.15) is 0 Å². The van der Waals surface area contributed by atoms with Gasteiger partial charge < -0.3 is 10.2 Å². The van der Waals surface area contributed by atoms with Crippen molar-refractivity contribution in [3.8, 4) is 0 Å². The smallest absolute Gasteiger partial charge is 0.223 e. The number of carbonyl (C=O) groups is 2. The Morgan fingerprint density at radius 1 is 0.962 bits per heavy atom. The van der Waals surface area contributed by atoms with Gasteiger partial charge in [-0.15, -0.1) is 0 Å². The predicted octanol–water partition coefficient (Wildman–Crippen LogP) is 4.04. The van der Waals surface area contributed by atoms with Crippen LogP contribution in [0.25, 0.3) is 0 Å². The van der Waals surface area contributed by atoms with Gasteiger partial charge in [0.25, 0.3) is 0 Å². The molecule has 0 unspecified atom stereocenters. The van der Waals surface area contributed by atoms with Gasteiger partial charge >= 0.3 is 0 Å². The second-order valence-corrected chi connectivity index (χ2v) is 7.48. The summed E-state index contributed by atoms with van der Waals surface area (Å²) in [5.74, 6) is -0.129. The molecule has 138 valence electrons. The molecule has 0 bridgehead atoms. The summed E-state index contributed by atoms with van der Waals surface area (Å²) < 4.78 is 0. The molecule has 2 aromatic carbocycles. The summed E-state index contributed by atoms with van der Waals surface area (Å²) in [7, 11) is 0. The van der Waals surface area contributed by atoms with Gasteiger partial charge in [0.15, 0.2) is 0 Å². The zero-order chi connectivity index (χ0) is 19.2. The molecule has 0 aliphatic carbocycles. The number of carbonyl (C=O) groups excluding carboxylic acids is 2. The number of nitrogens with one attached hydrogen (secondary N) is 1. The average Bonchev–Trinajstić information content (AvgIpc) is 2.60. The van der Waals surface area contributed by atoms with Crippen molar-refractivity contribution >= 4 is 17.5 Å². The summed E-state index contributed by atoms with van der Waals surface area (Å²) in [5.41, 5.74) is 3.16. The molecule has 0 spiro atoms. The summed E-state index contributed by atoms with van der Waals surface area (Å²) in [6.45, 7) is 8.86. The fourth-order valence-corrected chi connectivity index (χ4v) is 2.71. The highest BCUT2D eigenvalue weighted by atomic mass is 16.2. The minimum Gasteiger partial charge on any atom is -0.352 e. The molecule has 0 fully saturated rings. The lowest BCUT2D eigenvalue weighted by Crippen LogP contribution is -2.33. The highest BCUT2D eigenvalue weighted by molar-refractivity contribution is 5.92. The minimum absolute atomic E-state index is 0.0635. The highest BCUT2D eigenvalue weighted by Gasteiger charge is 2.16. The van der Waals surface area contributed by atoms with E-state index in [0.29, 0.717) is 13.1 Å². The molecule has 1 N–H and O–H groups in total. The third kappa shape index (κ3) is 5.73. The van der Waals surface area contributed by atoms with Crippen molar-refractivity contribution in [2.45, 2.75) is 46.1 Å². The van der Waals surface area contributed by atoms with E-state index < -0.39 is 0 Å². The quantitative estimate of drug-likeness (QED) is 0.853. The van der Waals surface area contributed by atoms with Crippen LogP contribution >= 0.6 is 0 Å². The van der Waals surface area contributed by atoms with E-state index in [9.17, 15) is 9.59 Å². The topological polar surface area (TPSA) is 49.4 Å². The number of anilines is 1. The first kappa shape index (κ1) is 19.7. The van der Waals surface area contributed by atoms with E-state index in [0.717, 1.165) is 11.3 Å². The van der Waals surface area contributed by atoms with Crippen LogP contribution in [0.15, 0.2) is 54.6 Å². The van der Waals surface area contributed by atoms with Crippen molar-refractivity contribution in [3.05, 3.63) is 65.7 Å². The summed E-state index contributed by atoms with van der Waals surface area (Å²) in [4.78, 5) is 25.8. The van der Waals surface area contributed by atoms with E-state index in [1.165, 1.54) is 12.5 Å². The van der Waals surface area contributed by atoms with Crippen LogP contribution in [0.1, 0.15) is 45.2 Å². The lowest BCUT2D eigenvalue weighted by Gasteiger charge is -2.23. The number of nitrogens with zero attached hydrogens (tertiary/aromatic N) is 1. The molecule has 0 aliphatic heterocycles. The molecule has 2 rings (SSSR count). The van der Waals surface area contributed by atoms with Gasteiger partial charge in [0, 0.05) is 32.1 Å². The van der Waals surface area contributed by atoms with Gasteiger partial charge in [-0.2, -0.15) is 0 Å². The second-order valence-electron chi connectivity index (χ2n) is 7.48. The summed E-state index contributed by atoms with van der Waals surface area (Å²) >= 11 is 0. The maximum absolute atomic E-state index is 12.1. The maximum Gasteiger partial charge on any atom is 0.223 e. The third-order valence-corrected chi connectivity index (χ3v) is 4.32. The number of hydrogen-bond acceptors (Lipinski definition) is 2. The Hall–Kier alpha value is -2.62. The fourth-order valence-electron chi connectivity index (χ4n) is 2.71. The molecule has 26 heavy (non-hydrogen) atoms. The van der Waals surface area contributed by atoms with Crippen molar-refractivity contribution in [1.29, 1.82) is 0 Å². The Morgan fingerprint density at radius 2 is 1.58 bits per heavy atom. The standard InChI is InChI=1S/C22H28N2O2/c1-17(25)24(20-12-10-19(11-13-20)22(2,3)4)15-14-21(26)23-16-18-8-6-5-7-9-18/h5-13H,14-16H2,1-4H3,(H,23,26). The molecule has 0 radical (unpaired) electrons. The van der Waals surface area contributed by atoms with Gasteiger partial charge in [-0.05, 0) is 28.7 Å². The van der Waals surface area contributed by atoms with Crippen LogP contribution in [0.4, 0.5) is 5.69 Å². The molecule has 0 aromatic heterocycles. The number of hydrogen-bond donors (Lipinski definition) is 1. The molecular formula is C22H28N2O2. The summed E-state index contributed by atoms with van der Waals surface area (Å²) in [6.07, 6.45) is 0.271. The van der Waals surface area contributed by atoms with Crippen LogP contribution in [0, 0.1) is 0 Å². The number of rotatable bonds is 6. The molecule has 2 amide bonds. The summed E-state index contributed by atoms with van der Waals surface area (Å²) in [6, 6.07) is 17.8. The Bertz CT molecular complexity index is 731. The maximum atomic E-state index is 12.1. The first-order valence-corrected chi connectivity index (χ1v) is 8.96. The molecule has 0 heterocycles. The van der Waals surface area contributed by atoms with Crippen LogP contribution in [0.3, 0.4) is 0 Å². The third-order valence-electron chi connectivity index (χ3n) is 4.32. The molecule has 4 nitrogen and oxygen atoms in total. The van der Waals surface area contributed by atoms with Crippen molar-refractivity contribution in [1.82, 2.24) is 5.32 Å². The second kappa shape index (κ2) is 8.65. The zero-order valence-corrected chi connectivity index (χ0v) is 16.1. The monoisotopic (exact) mass is 352 g/mol. The van der Waals surface area contributed by atoms with Crippen molar-refractivity contribution in [3.63, 3.8) is 0 Å². The molecule has 0 saturated carbocycles. The molecular weight excluding hydrogens is 324 g/mol. The van der Waals surface area contributed by atoms with Gasteiger partial charge in [-0.1, -0.05) is 63.2 Å². The lowest BCUT2D eigenvalue weighted by molar-refractivity contribution is -0.121. The molecule has 0 atom stereocenters. The van der Waals surface area contributed by atoms with E-state index in [1.54, 1.807) is 4.90 Å². The van der Waals surface area contributed by atoms with Crippen LogP contribution < -0.4 is 10.2 Å². The number of benzene rings is 2. The Balaban J connectivity index is 1.93. The summed E-state index contributed by atoms with van der Waals surface area (Å²) in [5, 5.41) is 2.90. The largest absolute Gasteiger partial charge is 0.352 e. The lowest BCUT2D eigenvalue weighted by atomic mass is 9.87. The number of amides is 2. The van der Waals surface area contributed by atoms with Gasteiger partial charge in [0.2, 0.25) is 11.8 Å². The highest BCUT2D eigenvalue weighted by Crippen LogP contribution is 2.25. The van der Waals surface area contributed by atoms with Crippen LogP contribution in [-0.4, -0.2) is 18.4 Å². The van der Waals surface area contributed by atoms with E-state index >= 15 is 0 Å². The Kier molecular flexibility index (Phi) is 6.56. The first-order chi connectivity index (χ1) is 12.3. The van der Waals surface area contributed by atoms with E-state index in [2.05, 4.69) is 26.1 Å². The molecule has 4 heteroatoms. The molecule has 2 aromatic rings. The van der Waals surface area contributed by atoms with Crippen molar-refractivity contribution in [2.24, 2.45) is 0 Å². The van der Waals surface area contributed by atoms with Gasteiger partial charge in [0.05, 0.1) is 0 Å². The van der Waals surface area contributed by atoms with E-state index in [4.69, 9.17) is 0 Å². The van der Waals surface area contributed by atoms with Crippen LogP contribution in [-0.2, 0) is 21.5 Å². The van der Waals surface area contributed by atoms with E-state index in [-0.39, 0.29) is 23.7 Å². The molecule has 0 aliphatic rings. The van der Waals surface area contributed by atoms with Gasteiger partial charge in [-0.3, -0.25) is 9.59 Å². The Labute approximate surface area is 156 Å². The normalized spacial score (nSPS) is 11.1. The zero-order valence-electron chi connectivity index (χ0n) is 16.1. The van der Waals surface area contributed by atoms with Crippen molar-refractivity contribution in [2.75, 3.05) is 11.4 Å². The van der Waals surface area contributed by atoms with Gasteiger partial charge in [-0.25, -0.2) is 0 Å². The van der Waals surface area contributed by atoms with Crippen molar-refractivity contribution < 1.29 is 9.59 Å². The first-order valence-electron chi connectivity index (χ1n) is 8.96. The Morgan fingerprint density at radius 3 is 2.12 bits per heavy atom. The van der Waals surface area contributed by atoms with Crippen LogP contribution in [0.2, 0.25) is 0 Å². The average molecular weight is 352 g/mol. The van der Waals surface area contributed by atoms with E-state index in [1.807, 2.05) is 54.6 Å².